The molecule has 29 heavy (non-hydrogen) atoms. The van der Waals surface area contributed by atoms with E-state index in [2.05, 4.69) is 15.5 Å². The summed E-state index contributed by atoms with van der Waals surface area (Å²) in [4.78, 5) is 23.2. The molecule has 0 saturated carbocycles. The first-order valence-corrected chi connectivity index (χ1v) is 9.42. The number of aromatic nitrogens is 4. The Kier molecular flexibility index (Phi) is 5.76. The molecule has 0 radical (unpaired) electrons. The van der Waals surface area contributed by atoms with Crippen LogP contribution in [0.3, 0.4) is 0 Å². The molecule has 0 aliphatic carbocycles. The summed E-state index contributed by atoms with van der Waals surface area (Å²) < 4.78 is 3.27. The Balaban J connectivity index is 1.78. The molecule has 9 nitrogen and oxygen atoms in total. The van der Waals surface area contributed by atoms with Crippen molar-refractivity contribution in [2.24, 2.45) is 0 Å². The van der Waals surface area contributed by atoms with Gasteiger partial charge in [0, 0.05) is 17.8 Å². The Morgan fingerprint density at radius 3 is 2.48 bits per heavy atom. The number of nitrogens with zero attached hydrogens (tertiary/aromatic N) is 5. The van der Waals surface area contributed by atoms with Gasteiger partial charge in [-0.2, -0.15) is 9.78 Å². The third kappa shape index (κ3) is 4.03. The van der Waals surface area contributed by atoms with Crippen LogP contribution in [-0.4, -0.2) is 30.4 Å². The van der Waals surface area contributed by atoms with Gasteiger partial charge in [0.2, 0.25) is 5.91 Å². The molecule has 0 spiro atoms. The van der Waals surface area contributed by atoms with E-state index in [1.807, 2.05) is 55.8 Å². The number of nitrogens with one attached hydrogen (secondary N) is 1. The van der Waals surface area contributed by atoms with E-state index in [1.165, 1.54) is 10.7 Å². The SMILES string of the molecule is CCC(C(=O)NCc1c(C)nn(-c2ccccc2)c1C)n1nc([N+](=O)[O-])cc1C. The Morgan fingerprint density at radius 2 is 1.90 bits per heavy atom. The smallest absolute Gasteiger partial charge is 0.358 e. The fraction of sp³-hybridized carbons (Fsp3) is 0.350. The van der Waals surface area contributed by atoms with Gasteiger partial charge < -0.3 is 15.4 Å². The predicted molar refractivity (Wildman–Crippen MR) is 108 cm³/mol. The summed E-state index contributed by atoms with van der Waals surface area (Å²) in [5.74, 6) is -0.496. The lowest BCUT2D eigenvalue weighted by molar-refractivity contribution is -0.389. The zero-order chi connectivity index (χ0) is 21.1. The number of benzene rings is 1. The van der Waals surface area contributed by atoms with Crippen molar-refractivity contribution >= 4 is 11.7 Å². The molecule has 0 saturated heterocycles. The first kappa shape index (κ1) is 20.2. The molecule has 1 unspecified atom stereocenters. The molecule has 1 amide bonds. The maximum Gasteiger partial charge on any atom is 0.390 e. The molecule has 0 fully saturated rings. The molecular weight excluding hydrogens is 372 g/mol. The largest absolute Gasteiger partial charge is 0.390 e. The van der Waals surface area contributed by atoms with Crippen molar-refractivity contribution in [2.75, 3.05) is 0 Å². The van der Waals surface area contributed by atoms with Gasteiger partial charge in [0.25, 0.3) is 0 Å². The topological polar surface area (TPSA) is 108 Å². The number of rotatable bonds is 7. The molecule has 3 rings (SSSR count). The third-order valence-electron chi connectivity index (χ3n) is 4.96. The fourth-order valence-corrected chi connectivity index (χ4v) is 3.39. The summed E-state index contributed by atoms with van der Waals surface area (Å²) >= 11 is 0. The van der Waals surface area contributed by atoms with Crippen LogP contribution < -0.4 is 5.32 Å². The van der Waals surface area contributed by atoms with Gasteiger partial charge in [0.05, 0.1) is 28.2 Å². The molecule has 0 aliphatic rings. The van der Waals surface area contributed by atoms with Crippen molar-refractivity contribution in [3.05, 3.63) is 69.2 Å². The van der Waals surface area contributed by atoms with Crippen LogP contribution in [0.2, 0.25) is 0 Å². The van der Waals surface area contributed by atoms with Crippen molar-refractivity contribution in [1.29, 1.82) is 0 Å². The van der Waals surface area contributed by atoms with Crippen LogP contribution in [0.5, 0.6) is 0 Å². The number of para-hydroxylation sites is 1. The Bertz CT molecular complexity index is 1040. The van der Waals surface area contributed by atoms with Crippen molar-refractivity contribution in [3.8, 4) is 5.69 Å². The summed E-state index contributed by atoms with van der Waals surface area (Å²) in [6.07, 6.45) is 0.465. The number of hydrogen-bond acceptors (Lipinski definition) is 5. The molecule has 1 N–H and O–H groups in total. The fourth-order valence-electron chi connectivity index (χ4n) is 3.39. The highest BCUT2D eigenvalue weighted by Gasteiger charge is 2.27. The predicted octanol–water partition coefficient (Wildman–Crippen LogP) is 3.17. The second-order valence-electron chi connectivity index (χ2n) is 6.88. The van der Waals surface area contributed by atoms with E-state index in [1.54, 1.807) is 6.92 Å². The molecule has 0 aliphatic heterocycles. The number of nitro groups is 1. The summed E-state index contributed by atoms with van der Waals surface area (Å²) in [6, 6.07) is 10.5. The van der Waals surface area contributed by atoms with Crippen LogP contribution in [0.4, 0.5) is 5.82 Å². The number of carbonyl (C=O) groups excluding carboxylic acids is 1. The number of amides is 1. The maximum atomic E-state index is 12.8. The van der Waals surface area contributed by atoms with Gasteiger partial charge in [-0.1, -0.05) is 25.1 Å². The molecule has 0 bridgehead atoms. The standard InChI is InChI=1S/C20H24N6O3/c1-5-18(24-13(2)11-19(23-24)26(28)29)20(27)21-12-17-14(3)22-25(15(17)4)16-9-7-6-8-10-16/h6-11,18H,5,12H2,1-4H3,(H,21,27). The number of aryl methyl sites for hydroxylation is 2. The normalized spacial score (nSPS) is 12.0. The highest BCUT2D eigenvalue weighted by atomic mass is 16.6. The minimum Gasteiger partial charge on any atom is -0.358 e. The van der Waals surface area contributed by atoms with Gasteiger partial charge in [-0.15, -0.1) is 0 Å². The van der Waals surface area contributed by atoms with E-state index in [4.69, 9.17) is 0 Å². The van der Waals surface area contributed by atoms with Crippen LogP contribution in [-0.2, 0) is 11.3 Å². The summed E-state index contributed by atoms with van der Waals surface area (Å²) in [6.45, 7) is 7.75. The second kappa shape index (κ2) is 8.26. The van der Waals surface area contributed by atoms with Crippen LogP contribution >= 0.6 is 0 Å². The molecule has 1 aromatic carbocycles. The van der Waals surface area contributed by atoms with E-state index >= 15 is 0 Å². The van der Waals surface area contributed by atoms with E-state index in [0.717, 1.165) is 22.6 Å². The van der Waals surface area contributed by atoms with Crippen LogP contribution in [0, 0.1) is 30.9 Å². The summed E-state index contributed by atoms with van der Waals surface area (Å²) in [5, 5.41) is 22.5. The average Bonchev–Trinajstić information content (AvgIpc) is 3.22. The van der Waals surface area contributed by atoms with Crippen molar-refractivity contribution < 1.29 is 9.72 Å². The molecule has 152 valence electrons. The molecule has 2 aromatic heterocycles. The summed E-state index contributed by atoms with van der Waals surface area (Å²) in [7, 11) is 0. The number of hydrogen-bond donors (Lipinski definition) is 1. The van der Waals surface area contributed by atoms with E-state index in [0.29, 0.717) is 18.7 Å². The van der Waals surface area contributed by atoms with Gasteiger partial charge in [0.15, 0.2) is 6.04 Å². The van der Waals surface area contributed by atoms with Gasteiger partial charge in [-0.3, -0.25) is 4.79 Å². The highest BCUT2D eigenvalue weighted by Crippen LogP contribution is 2.21. The Morgan fingerprint density at radius 1 is 1.21 bits per heavy atom. The van der Waals surface area contributed by atoms with Gasteiger partial charge >= 0.3 is 5.82 Å². The second-order valence-corrected chi connectivity index (χ2v) is 6.88. The average molecular weight is 396 g/mol. The Labute approximate surface area is 168 Å². The Hall–Kier alpha value is -3.49. The van der Waals surface area contributed by atoms with Crippen LogP contribution in [0.25, 0.3) is 5.69 Å². The quantitative estimate of drug-likeness (QED) is 0.487. The van der Waals surface area contributed by atoms with E-state index in [9.17, 15) is 14.9 Å². The van der Waals surface area contributed by atoms with Gasteiger partial charge in [0.1, 0.15) is 0 Å². The molecular formula is C20H24N6O3. The van der Waals surface area contributed by atoms with Gasteiger partial charge in [-0.05, 0) is 44.2 Å². The molecule has 1 atom stereocenters. The lowest BCUT2D eigenvalue weighted by Gasteiger charge is -2.14. The zero-order valence-corrected chi connectivity index (χ0v) is 16.9. The molecule has 3 aromatic rings. The van der Waals surface area contributed by atoms with Gasteiger partial charge in [-0.25, -0.2) is 4.68 Å². The highest BCUT2D eigenvalue weighted by molar-refractivity contribution is 5.80. The summed E-state index contributed by atoms with van der Waals surface area (Å²) in [5.41, 5.74) is 4.26. The first-order valence-electron chi connectivity index (χ1n) is 9.42. The minimum atomic E-state index is -0.617. The lowest BCUT2D eigenvalue weighted by Crippen LogP contribution is -2.33. The molecule has 2 heterocycles. The third-order valence-corrected chi connectivity index (χ3v) is 4.96. The van der Waals surface area contributed by atoms with E-state index < -0.39 is 11.0 Å². The van der Waals surface area contributed by atoms with Crippen molar-refractivity contribution in [1.82, 2.24) is 24.9 Å². The lowest BCUT2D eigenvalue weighted by atomic mass is 10.1. The van der Waals surface area contributed by atoms with Crippen LogP contribution in [0.15, 0.2) is 36.4 Å². The monoisotopic (exact) mass is 396 g/mol. The van der Waals surface area contributed by atoms with Crippen molar-refractivity contribution in [2.45, 2.75) is 46.7 Å². The van der Waals surface area contributed by atoms with Crippen molar-refractivity contribution in [3.63, 3.8) is 0 Å². The first-order chi connectivity index (χ1) is 13.8. The zero-order valence-electron chi connectivity index (χ0n) is 16.9. The maximum absolute atomic E-state index is 12.8. The minimum absolute atomic E-state index is 0.236. The van der Waals surface area contributed by atoms with Crippen LogP contribution in [0.1, 0.15) is 42.0 Å². The number of carbonyl (C=O) groups is 1. The van der Waals surface area contributed by atoms with E-state index in [-0.39, 0.29) is 11.7 Å². The molecule has 9 heteroatoms.